The number of hydrogen-bond donors (Lipinski definition) is 1. The van der Waals surface area contributed by atoms with Crippen molar-refractivity contribution in [1.82, 2.24) is 14.8 Å². The molecule has 0 radical (unpaired) electrons. The highest BCUT2D eigenvalue weighted by atomic mass is 32.2. The van der Waals surface area contributed by atoms with Gasteiger partial charge in [0.1, 0.15) is 6.33 Å². The second-order valence-corrected chi connectivity index (χ2v) is 10.7. The Balaban J connectivity index is 1.31. The number of benzene rings is 3. The van der Waals surface area contributed by atoms with Gasteiger partial charge < -0.3 is 10.2 Å². The molecule has 1 aromatic heterocycles. The Bertz CT molecular complexity index is 1470. The number of aryl methyl sites for hydroxylation is 4. The van der Waals surface area contributed by atoms with E-state index in [4.69, 9.17) is 0 Å². The lowest BCUT2D eigenvalue weighted by Crippen LogP contribution is -2.35. The summed E-state index contributed by atoms with van der Waals surface area (Å²) in [5, 5.41) is 8.26. The molecule has 194 valence electrons. The van der Waals surface area contributed by atoms with E-state index in [2.05, 4.69) is 72.0 Å². The van der Waals surface area contributed by atoms with Gasteiger partial charge in [-0.2, -0.15) is 4.99 Å². The summed E-state index contributed by atoms with van der Waals surface area (Å²) in [6, 6.07) is 19.9. The van der Waals surface area contributed by atoms with E-state index in [0.29, 0.717) is 17.6 Å². The number of nitrogens with one attached hydrogen (secondary N) is 1. The van der Waals surface area contributed by atoms with E-state index in [1.807, 2.05) is 48.5 Å². The number of thioether (sulfide) groups is 1. The first-order valence-corrected chi connectivity index (χ1v) is 13.8. The third kappa shape index (κ3) is 5.36. The summed E-state index contributed by atoms with van der Waals surface area (Å²) < 4.78 is 1.76. The van der Waals surface area contributed by atoms with Crippen LogP contribution < -0.4 is 10.2 Å². The third-order valence-corrected chi connectivity index (χ3v) is 7.80. The molecule has 1 aliphatic heterocycles. The molecule has 2 amide bonds. The molecular weight excluding hydrogens is 492 g/mol. The van der Waals surface area contributed by atoms with Crippen LogP contribution in [0.15, 0.2) is 72.0 Å². The zero-order chi connectivity index (χ0) is 26.8. The van der Waals surface area contributed by atoms with Gasteiger partial charge in [-0.15, -0.1) is 5.10 Å². The fourth-order valence-corrected chi connectivity index (χ4v) is 6.10. The molecule has 0 spiro atoms. The van der Waals surface area contributed by atoms with Crippen LogP contribution in [0.3, 0.4) is 0 Å². The number of amides is 2. The summed E-state index contributed by atoms with van der Waals surface area (Å²) >= 11 is 1.64. The summed E-state index contributed by atoms with van der Waals surface area (Å²) in [4.78, 5) is 24.1. The lowest BCUT2D eigenvalue weighted by molar-refractivity contribution is 0.259. The van der Waals surface area contributed by atoms with E-state index >= 15 is 0 Å². The highest BCUT2D eigenvalue weighted by molar-refractivity contribution is 8.14. The fraction of sp³-hybridized carbons (Fsp3) is 0.267. The summed E-state index contributed by atoms with van der Waals surface area (Å²) in [5.74, 6) is 1.53. The number of aliphatic imine (C=N–C) groups is 1. The van der Waals surface area contributed by atoms with Crippen LogP contribution in [-0.2, 0) is 0 Å². The predicted molar refractivity (Wildman–Crippen MR) is 158 cm³/mol. The Morgan fingerprint density at radius 1 is 1.00 bits per heavy atom. The number of amidine groups is 1. The summed E-state index contributed by atoms with van der Waals surface area (Å²) in [6.07, 6.45) is 2.69. The van der Waals surface area contributed by atoms with Crippen LogP contribution in [-0.4, -0.2) is 37.8 Å². The van der Waals surface area contributed by atoms with Gasteiger partial charge >= 0.3 is 6.03 Å². The maximum atomic E-state index is 12.9. The van der Waals surface area contributed by atoms with Crippen molar-refractivity contribution in [2.75, 3.05) is 16.0 Å². The molecule has 0 bridgehead atoms. The lowest BCUT2D eigenvalue weighted by Gasteiger charge is -2.28. The molecule has 8 heteroatoms. The first-order valence-electron chi connectivity index (χ1n) is 12.8. The van der Waals surface area contributed by atoms with E-state index in [-0.39, 0.29) is 6.03 Å². The Kier molecular flexibility index (Phi) is 7.33. The number of aromatic nitrogens is 3. The van der Waals surface area contributed by atoms with Gasteiger partial charge in [-0.3, -0.25) is 0 Å². The number of anilines is 2. The number of rotatable bonds is 5. The highest BCUT2D eigenvalue weighted by Crippen LogP contribution is 2.36. The molecule has 7 nitrogen and oxygen atoms in total. The van der Waals surface area contributed by atoms with Crippen LogP contribution in [0.2, 0.25) is 0 Å². The third-order valence-electron chi connectivity index (χ3n) is 6.71. The molecule has 1 aliphatic rings. The SMILES string of the molecule is CCC1CSC(=NC(=O)Nc2ccc(-c3ncn(-c4ccc(C)cc4)n3)cc2)N1c1c(C)cc(C)cc1C. The van der Waals surface area contributed by atoms with Crippen molar-refractivity contribution in [3.63, 3.8) is 0 Å². The zero-order valence-electron chi connectivity index (χ0n) is 22.4. The predicted octanol–water partition coefficient (Wildman–Crippen LogP) is 7.09. The van der Waals surface area contributed by atoms with E-state index in [1.54, 1.807) is 22.8 Å². The van der Waals surface area contributed by atoms with Gasteiger partial charge in [-0.1, -0.05) is 54.1 Å². The molecule has 2 heterocycles. The van der Waals surface area contributed by atoms with Crippen LogP contribution in [0.1, 0.15) is 35.6 Å². The Morgan fingerprint density at radius 3 is 2.34 bits per heavy atom. The number of urea groups is 1. The number of carbonyl (C=O) groups is 1. The lowest BCUT2D eigenvalue weighted by atomic mass is 10.0. The largest absolute Gasteiger partial charge is 0.347 e. The molecule has 38 heavy (non-hydrogen) atoms. The first-order chi connectivity index (χ1) is 18.3. The highest BCUT2D eigenvalue weighted by Gasteiger charge is 2.32. The standard InChI is InChI=1S/C30H32N6OS/c1-6-25-17-38-30(36(25)27-21(4)15-20(3)16-22(27)5)33-29(37)32-24-11-9-23(10-12-24)28-31-18-35(34-28)26-13-7-19(2)8-14-26/h7-16,18,25H,6,17H2,1-5H3,(H,32,37). The summed E-state index contributed by atoms with van der Waals surface area (Å²) in [5.41, 5.74) is 8.48. The Labute approximate surface area is 228 Å². The van der Waals surface area contributed by atoms with Gasteiger partial charge in [-0.25, -0.2) is 14.5 Å². The molecule has 3 aromatic carbocycles. The van der Waals surface area contributed by atoms with E-state index in [9.17, 15) is 4.79 Å². The van der Waals surface area contributed by atoms with Crippen molar-refractivity contribution < 1.29 is 4.79 Å². The monoisotopic (exact) mass is 524 g/mol. The van der Waals surface area contributed by atoms with E-state index in [0.717, 1.165) is 34.3 Å². The molecule has 1 unspecified atom stereocenters. The van der Waals surface area contributed by atoms with Crippen LogP contribution in [0.25, 0.3) is 17.1 Å². The van der Waals surface area contributed by atoms with Gasteiger partial charge in [0, 0.05) is 28.7 Å². The average molecular weight is 525 g/mol. The van der Waals surface area contributed by atoms with Crippen LogP contribution >= 0.6 is 11.8 Å². The molecule has 1 N–H and O–H groups in total. The topological polar surface area (TPSA) is 75.4 Å². The summed E-state index contributed by atoms with van der Waals surface area (Å²) in [6.45, 7) is 10.6. The second-order valence-electron chi connectivity index (χ2n) is 9.74. The minimum Gasteiger partial charge on any atom is -0.316 e. The van der Waals surface area contributed by atoms with Crippen molar-refractivity contribution in [3.8, 4) is 17.1 Å². The molecule has 1 atom stereocenters. The molecule has 1 fully saturated rings. The molecule has 5 rings (SSSR count). The van der Waals surface area contributed by atoms with Gasteiger partial charge in [0.2, 0.25) is 0 Å². The Morgan fingerprint density at radius 2 is 1.68 bits per heavy atom. The number of nitrogens with zero attached hydrogens (tertiary/aromatic N) is 5. The summed E-state index contributed by atoms with van der Waals surface area (Å²) in [7, 11) is 0. The van der Waals surface area contributed by atoms with Gasteiger partial charge in [0.15, 0.2) is 11.0 Å². The van der Waals surface area contributed by atoms with Crippen molar-refractivity contribution in [2.45, 2.75) is 47.1 Å². The fourth-order valence-electron chi connectivity index (χ4n) is 4.85. The van der Waals surface area contributed by atoms with Crippen molar-refractivity contribution in [3.05, 3.63) is 89.2 Å². The van der Waals surface area contributed by atoms with Crippen LogP contribution in [0, 0.1) is 27.7 Å². The molecule has 4 aromatic rings. The molecule has 0 aliphatic carbocycles. The number of carbonyl (C=O) groups excluding carboxylic acids is 1. The second kappa shape index (κ2) is 10.8. The molecular formula is C30H32N6OS. The minimum absolute atomic E-state index is 0.304. The maximum Gasteiger partial charge on any atom is 0.347 e. The smallest absolute Gasteiger partial charge is 0.316 e. The molecule has 1 saturated heterocycles. The van der Waals surface area contributed by atoms with Crippen molar-refractivity contribution in [1.29, 1.82) is 0 Å². The van der Waals surface area contributed by atoms with Gasteiger partial charge in [0.05, 0.1) is 5.69 Å². The van der Waals surface area contributed by atoms with E-state index < -0.39 is 0 Å². The van der Waals surface area contributed by atoms with Crippen LogP contribution in [0.5, 0.6) is 0 Å². The number of hydrogen-bond acceptors (Lipinski definition) is 4. The van der Waals surface area contributed by atoms with E-state index in [1.165, 1.54) is 22.3 Å². The first kappa shape index (κ1) is 25.7. The van der Waals surface area contributed by atoms with Gasteiger partial charge in [-0.05, 0) is 81.6 Å². The van der Waals surface area contributed by atoms with Gasteiger partial charge in [0.25, 0.3) is 0 Å². The Hall–Kier alpha value is -3.91. The zero-order valence-corrected chi connectivity index (χ0v) is 23.2. The van der Waals surface area contributed by atoms with Crippen molar-refractivity contribution >= 4 is 34.3 Å². The maximum absolute atomic E-state index is 12.9. The minimum atomic E-state index is -0.383. The average Bonchev–Trinajstić information content (AvgIpc) is 3.52. The normalized spacial score (nSPS) is 16.3. The quantitative estimate of drug-likeness (QED) is 0.302. The molecule has 0 saturated carbocycles. The van der Waals surface area contributed by atoms with Crippen molar-refractivity contribution in [2.24, 2.45) is 4.99 Å². The van der Waals surface area contributed by atoms with Crippen LogP contribution in [0.4, 0.5) is 16.2 Å².